The Morgan fingerprint density at radius 3 is 2.89 bits per heavy atom. The molecule has 19 heavy (non-hydrogen) atoms. The van der Waals surface area contributed by atoms with E-state index in [1.165, 1.54) is 24.1 Å². The molecule has 0 spiro atoms. The number of hydrogen-bond donors (Lipinski definition) is 0. The molecular weight excluding hydrogens is 232 g/mol. The molecule has 0 bridgehead atoms. The minimum Gasteiger partial charge on any atom is -0.380 e. The Morgan fingerprint density at radius 1 is 1.58 bits per heavy atom. The highest BCUT2D eigenvalue weighted by molar-refractivity contribution is 5.19. The first kappa shape index (κ1) is 15.8. The number of likely N-dealkylation sites (tertiary alicyclic amines) is 1. The lowest BCUT2D eigenvalue weighted by Crippen LogP contribution is -2.35. The van der Waals surface area contributed by atoms with Gasteiger partial charge in [0.2, 0.25) is 0 Å². The van der Waals surface area contributed by atoms with E-state index in [-0.39, 0.29) is 0 Å². The molecule has 0 aromatic heterocycles. The van der Waals surface area contributed by atoms with Crippen LogP contribution in [0.15, 0.2) is 42.3 Å². The van der Waals surface area contributed by atoms with Crippen molar-refractivity contribution in [1.29, 1.82) is 0 Å². The quantitative estimate of drug-likeness (QED) is 0.533. The van der Waals surface area contributed by atoms with Gasteiger partial charge in [-0.3, -0.25) is 4.90 Å². The lowest BCUT2D eigenvalue weighted by Gasteiger charge is -2.30. The molecule has 0 N–H and O–H groups in total. The molecule has 1 saturated heterocycles. The lowest BCUT2D eigenvalue weighted by molar-refractivity contribution is 0.243. The second-order valence-electron chi connectivity index (χ2n) is 5.43. The van der Waals surface area contributed by atoms with E-state index in [2.05, 4.69) is 55.8 Å². The van der Waals surface area contributed by atoms with Gasteiger partial charge in [0.15, 0.2) is 0 Å². The van der Waals surface area contributed by atoms with Crippen molar-refractivity contribution in [2.75, 3.05) is 33.2 Å². The van der Waals surface area contributed by atoms with Gasteiger partial charge in [-0.25, -0.2) is 0 Å². The Hall–Kier alpha value is -1.24. The fraction of sp³-hybridized carbons (Fsp3) is 0.588. The molecular formula is C17H28N2. The highest BCUT2D eigenvalue weighted by Crippen LogP contribution is 2.19. The van der Waals surface area contributed by atoms with Gasteiger partial charge < -0.3 is 4.90 Å². The molecule has 0 aromatic carbocycles. The van der Waals surface area contributed by atoms with E-state index >= 15 is 0 Å². The Labute approximate surface area is 118 Å². The van der Waals surface area contributed by atoms with Gasteiger partial charge >= 0.3 is 0 Å². The molecule has 1 heterocycles. The molecule has 0 aliphatic carbocycles. The van der Waals surface area contributed by atoms with Crippen LogP contribution in [0.3, 0.4) is 0 Å². The maximum Gasteiger partial charge on any atom is 0.0268 e. The van der Waals surface area contributed by atoms with Crippen LogP contribution in [-0.2, 0) is 0 Å². The first-order valence-corrected chi connectivity index (χ1v) is 7.25. The molecule has 0 aromatic rings. The summed E-state index contributed by atoms with van der Waals surface area (Å²) in [5.74, 6) is 0.510. The Bertz CT molecular complexity index is 375. The topological polar surface area (TPSA) is 6.48 Å². The Kier molecular flexibility index (Phi) is 6.69. The molecule has 1 atom stereocenters. The van der Waals surface area contributed by atoms with Gasteiger partial charge in [0, 0.05) is 32.9 Å². The average molecular weight is 260 g/mol. The first-order chi connectivity index (χ1) is 9.10. The molecule has 2 nitrogen and oxygen atoms in total. The van der Waals surface area contributed by atoms with Gasteiger partial charge in [-0.2, -0.15) is 0 Å². The van der Waals surface area contributed by atoms with Crippen LogP contribution in [0.4, 0.5) is 0 Å². The van der Waals surface area contributed by atoms with E-state index in [1.807, 2.05) is 6.08 Å². The third-order valence-electron chi connectivity index (χ3n) is 3.82. The fourth-order valence-electron chi connectivity index (χ4n) is 2.46. The van der Waals surface area contributed by atoms with Crippen molar-refractivity contribution in [2.45, 2.75) is 26.7 Å². The van der Waals surface area contributed by atoms with Gasteiger partial charge in [-0.1, -0.05) is 26.2 Å². The van der Waals surface area contributed by atoms with Crippen molar-refractivity contribution in [3.05, 3.63) is 42.3 Å². The molecule has 1 fully saturated rings. The van der Waals surface area contributed by atoms with E-state index in [0.717, 1.165) is 26.1 Å². The standard InChI is InChI=1S/C17H28N2/c1-6-16-10-9-11-19(13-16)12-15(4)17(7-2)14-18(5)8-3/h7,14-15H,1-2,8-13H2,3-5H3/b17-14+. The van der Waals surface area contributed by atoms with Crippen molar-refractivity contribution < 1.29 is 0 Å². The molecule has 0 saturated carbocycles. The van der Waals surface area contributed by atoms with Crippen LogP contribution < -0.4 is 0 Å². The summed E-state index contributed by atoms with van der Waals surface area (Å²) in [6.45, 7) is 16.5. The molecule has 1 aliphatic rings. The zero-order valence-corrected chi connectivity index (χ0v) is 12.8. The predicted molar refractivity (Wildman–Crippen MR) is 84.1 cm³/mol. The Balaban J connectivity index is 2.61. The van der Waals surface area contributed by atoms with Gasteiger partial charge in [0.1, 0.15) is 0 Å². The van der Waals surface area contributed by atoms with E-state index in [1.54, 1.807) is 0 Å². The van der Waals surface area contributed by atoms with Crippen LogP contribution in [0.1, 0.15) is 26.7 Å². The number of piperidine rings is 1. The third kappa shape index (κ3) is 5.10. The van der Waals surface area contributed by atoms with E-state index in [9.17, 15) is 0 Å². The van der Waals surface area contributed by atoms with E-state index in [0.29, 0.717) is 5.92 Å². The highest BCUT2D eigenvalue weighted by atomic mass is 15.1. The molecule has 0 amide bonds. The monoisotopic (exact) mass is 260 g/mol. The molecule has 1 rings (SSSR count). The van der Waals surface area contributed by atoms with Crippen LogP contribution in [0, 0.1) is 5.92 Å². The number of rotatable bonds is 6. The zero-order valence-electron chi connectivity index (χ0n) is 12.8. The predicted octanol–water partition coefficient (Wildman–Crippen LogP) is 3.45. The number of nitrogens with zero attached hydrogens (tertiary/aromatic N) is 2. The summed E-state index contributed by atoms with van der Waals surface area (Å²) in [6.07, 6.45) is 6.60. The zero-order chi connectivity index (χ0) is 14.3. The van der Waals surface area contributed by atoms with Crippen molar-refractivity contribution in [3.63, 3.8) is 0 Å². The second-order valence-corrected chi connectivity index (χ2v) is 5.43. The summed E-state index contributed by atoms with van der Waals surface area (Å²) >= 11 is 0. The molecule has 2 heteroatoms. The first-order valence-electron chi connectivity index (χ1n) is 7.25. The summed E-state index contributed by atoms with van der Waals surface area (Å²) in [7, 11) is 2.11. The van der Waals surface area contributed by atoms with E-state index in [4.69, 9.17) is 0 Å². The van der Waals surface area contributed by atoms with Crippen molar-refractivity contribution in [3.8, 4) is 0 Å². The van der Waals surface area contributed by atoms with E-state index < -0.39 is 0 Å². The largest absolute Gasteiger partial charge is 0.380 e. The maximum absolute atomic E-state index is 3.95. The summed E-state index contributed by atoms with van der Waals surface area (Å²) in [6, 6.07) is 0. The fourth-order valence-corrected chi connectivity index (χ4v) is 2.46. The van der Waals surface area contributed by atoms with Crippen LogP contribution in [0.25, 0.3) is 0 Å². The summed E-state index contributed by atoms with van der Waals surface area (Å²) in [5, 5.41) is 0. The van der Waals surface area contributed by atoms with Gasteiger partial charge in [-0.05, 0) is 43.4 Å². The maximum atomic E-state index is 3.95. The highest BCUT2D eigenvalue weighted by Gasteiger charge is 2.17. The SMILES string of the molecule is C=C=C1CCCN(CC(C)/C(C=C)=C/N(C)CC)C1. The van der Waals surface area contributed by atoms with Gasteiger partial charge in [-0.15, -0.1) is 5.73 Å². The van der Waals surface area contributed by atoms with Crippen molar-refractivity contribution >= 4 is 0 Å². The smallest absolute Gasteiger partial charge is 0.0268 e. The summed E-state index contributed by atoms with van der Waals surface area (Å²) < 4.78 is 0. The molecule has 1 aliphatic heterocycles. The summed E-state index contributed by atoms with van der Waals surface area (Å²) in [5.41, 5.74) is 5.75. The van der Waals surface area contributed by atoms with Crippen molar-refractivity contribution in [2.24, 2.45) is 5.92 Å². The lowest BCUT2D eigenvalue weighted by atomic mass is 9.98. The molecule has 1 unspecified atom stereocenters. The summed E-state index contributed by atoms with van der Waals surface area (Å²) in [4.78, 5) is 4.71. The number of hydrogen-bond acceptors (Lipinski definition) is 2. The minimum atomic E-state index is 0.510. The minimum absolute atomic E-state index is 0.510. The van der Waals surface area contributed by atoms with Crippen molar-refractivity contribution in [1.82, 2.24) is 9.80 Å². The van der Waals surface area contributed by atoms with Crippen LogP contribution in [0.5, 0.6) is 0 Å². The van der Waals surface area contributed by atoms with Gasteiger partial charge in [0.25, 0.3) is 0 Å². The average Bonchev–Trinajstić information content (AvgIpc) is 2.44. The van der Waals surface area contributed by atoms with Crippen LogP contribution >= 0.6 is 0 Å². The number of allylic oxidation sites excluding steroid dienone is 1. The van der Waals surface area contributed by atoms with Gasteiger partial charge in [0.05, 0.1) is 0 Å². The third-order valence-corrected chi connectivity index (χ3v) is 3.82. The Morgan fingerprint density at radius 2 is 2.32 bits per heavy atom. The van der Waals surface area contributed by atoms with Crippen LogP contribution in [-0.4, -0.2) is 43.0 Å². The molecule has 0 radical (unpaired) electrons. The normalized spacial score (nSPS) is 18.9. The second kappa shape index (κ2) is 8.04. The molecule has 106 valence electrons. The van der Waals surface area contributed by atoms with Crippen LogP contribution in [0.2, 0.25) is 0 Å².